The van der Waals surface area contributed by atoms with E-state index in [0.29, 0.717) is 0 Å². The van der Waals surface area contributed by atoms with Crippen LogP contribution in [0.5, 0.6) is 0 Å². The predicted octanol–water partition coefficient (Wildman–Crippen LogP) is 3.95. The number of carbonyl (C=O) groups excluding carboxylic acids is 1. The highest BCUT2D eigenvalue weighted by molar-refractivity contribution is 9.09. The van der Waals surface area contributed by atoms with Gasteiger partial charge in [0.15, 0.2) is 0 Å². The van der Waals surface area contributed by atoms with Crippen molar-refractivity contribution in [3.63, 3.8) is 0 Å². The van der Waals surface area contributed by atoms with Crippen molar-refractivity contribution in [1.82, 2.24) is 5.73 Å². The van der Waals surface area contributed by atoms with E-state index in [9.17, 15) is 4.79 Å². The van der Waals surface area contributed by atoms with Crippen LogP contribution < -0.4 is 5.73 Å². The second-order valence-corrected chi connectivity index (χ2v) is 6.95. The number of halogens is 1. The van der Waals surface area contributed by atoms with Crippen LogP contribution in [0.15, 0.2) is 30.3 Å². The van der Waals surface area contributed by atoms with Crippen LogP contribution in [0, 0.1) is 5.41 Å². The first-order chi connectivity index (χ1) is 8.18. The lowest BCUT2D eigenvalue weighted by Gasteiger charge is -2.41. The lowest BCUT2D eigenvalue weighted by molar-refractivity contribution is -0.120. The van der Waals surface area contributed by atoms with Crippen LogP contribution in [0.4, 0.5) is 0 Å². The third-order valence-electron chi connectivity index (χ3n) is 3.45. The summed E-state index contributed by atoms with van der Waals surface area (Å²) in [7, 11) is 0. The quantitative estimate of drug-likeness (QED) is 0.759. The minimum absolute atomic E-state index is 0.0970. The number of nitrogens with one attached hydrogen (secondary N) is 1. The van der Waals surface area contributed by atoms with Gasteiger partial charge in [0.1, 0.15) is 0 Å². The van der Waals surface area contributed by atoms with Crippen molar-refractivity contribution in [1.29, 1.82) is 0 Å². The van der Waals surface area contributed by atoms with E-state index < -0.39 is 5.91 Å². The standard InChI is InChI=1S/C15H21BrNO/c1-14(2,10-12(17)18)13(16)15(3,4)11-8-6-5-7-9-11/h5-9,13,17H,10H2,1-4H3. The molecule has 1 radical (unpaired) electrons. The second kappa shape index (κ2) is 5.43. The Hall–Kier alpha value is -0.830. The average molecular weight is 311 g/mol. The summed E-state index contributed by atoms with van der Waals surface area (Å²) >= 11 is 3.75. The molecule has 0 heterocycles. The third-order valence-corrected chi connectivity index (χ3v) is 5.84. The molecule has 18 heavy (non-hydrogen) atoms. The van der Waals surface area contributed by atoms with Gasteiger partial charge in [-0.25, -0.2) is 0 Å². The summed E-state index contributed by atoms with van der Waals surface area (Å²) in [5.74, 6) is -0.506. The molecule has 1 unspecified atom stereocenters. The van der Waals surface area contributed by atoms with Gasteiger partial charge in [0.25, 0.3) is 0 Å². The molecule has 1 aromatic rings. The maximum atomic E-state index is 11.1. The Labute approximate surface area is 118 Å². The summed E-state index contributed by atoms with van der Waals surface area (Å²) in [6.45, 7) is 8.39. The van der Waals surface area contributed by atoms with Gasteiger partial charge in [-0.2, -0.15) is 0 Å². The molecule has 2 nitrogen and oxygen atoms in total. The van der Waals surface area contributed by atoms with Gasteiger partial charge in [0, 0.05) is 16.7 Å². The molecule has 3 heteroatoms. The highest BCUT2D eigenvalue weighted by Gasteiger charge is 2.40. The highest BCUT2D eigenvalue weighted by atomic mass is 79.9. The Kier molecular flexibility index (Phi) is 4.60. The van der Waals surface area contributed by atoms with Crippen molar-refractivity contribution in [3.05, 3.63) is 35.9 Å². The molecule has 0 aliphatic carbocycles. The summed E-state index contributed by atoms with van der Waals surface area (Å²) in [6.07, 6.45) is 0.263. The van der Waals surface area contributed by atoms with Crippen LogP contribution in [-0.2, 0) is 10.2 Å². The topological polar surface area (TPSA) is 40.9 Å². The maximum Gasteiger partial charge on any atom is 0.238 e. The van der Waals surface area contributed by atoms with Crippen molar-refractivity contribution in [3.8, 4) is 0 Å². The van der Waals surface area contributed by atoms with Crippen LogP contribution in [0.3, 0.4) is 0 Å². The SMILES string of the molecule is CC(C)(CC([NH])=O)C(Br)C(C)(C)c1ccccc1. The van der Waals surface area contributed by atoms with E-state index in [0.717, 1.165) is 0 Å². The largest absolute Gasteiger partial charge is 0.273 e. The molecule has 1 rings (SSSR count). The number of hydrogen-bond acceptors (Lipinski definition) is 1. The fraction of sp³-hybridized carbons (Fsp3) is 0.533. The zero-order valence-corrected chi connectivity index (χ0v) is 13.0. The molecular weight excluding hydrogens is 290 g/mol. The fourth-order valence-electron chi connectivity index (χ4n) is 2.49. The first kappa shape index (κ1) is 15.2. The smallest absolute Gasteiger partial charge is 0.238 e. The van der Waals surface area contributed by atoms with Gasteiger partial charge in [-0.1, -0.05) is 74.0 Å². The average Bonchev–Trinajstić information content (AvgIpc) is 2.27. The molecule has 0 aliphatic rings. The predicted molar refractivity (Wildman–Crippen MR) is 78.7 cm³/mol. The Morgan fingerprint density at radius 2 is 1.72 bits per heavy atom. The van der Waals surface area contributed by atoms with E-state index in [-0.39, 0.29) is 22.1 Å². The molecular formula is C15H21BrNO. The van der Waals surface area contributed by atoms with Crippen LogP contribution >= 0.6 is 15.9 Å². The summed E-state index contributed by atoms with van der Waals surface area (Å²) in [4.78, 5) is 11.2. The molecule has 1 atom stereocenters. The lowest BCUT2D eigenvalue weighted by atomic mass is 9.70. The Bertz CT molecular complexity index is 412. The highest BCUT2D eigenvalue weighted by Crippen LogP contribution is 2.43. The Morgan fingerprint density at radius 3 is 2.17 bits per heavy atom. The molecule has 99 valence electrons. The first-order valence-corrected chi connectivity index (χ1v) is 7.03. The van der Waals surface area contributed by atoms with Crippen molar-refractivity contribution < 1.29 is 4.79 Å². The van der Waals surface area contributed by atoms with E-state index in [1.165, 1.54) is 5.56 Å². The molecule has 0 saturated carbocycles. The number of alkyl halides is 1. The zero-order valence-electron chi connectivity index (χ0n) is 11.5. The molecule has 1 aromatic carbocycles. The summed E-state index contributed by atoms with van der Waals surface area (Å²) in [5, 5.41) is 0. The third kappa shape index (κ3) is 3.35. The Balaban J connectivity index is 3.01. The van der Waals surface area contributed by atoms with Gasteiger partial charge in [-0.15, -0.1) is 0 Å². The second-order valence-electron chi connectivity index (χ2n) is 6.04. The van der Waals surface area contributed by atoms with Crippen LogP contribution in [-0.4, -0.2) is 10.7 Å². The van der Waals surface area contributed by atoms with Crippen LogP contribution in [0.2, 0.25) is 0 Å². The van der Waals surface area contributed by atoms with Gasteiger partial charge in [-0.3, -0.25) is 10.5 Å². The molecule has 0 spiro atoms. The molecule has 0 fully saturated rings. The molecule has 1 amide bonds. The van der Waals surface area contributed by atoms with E-state index in [4.69, 9.17) is 5.73 Å². The van der Waals surface area contributed by atoms with Gasteiger partial charge in [0.2, 0.25) is 5.91 Å². The molecule has 0 aromatic heterocycles. The number of carbonyl (C=O) groups is 1. The zero-order chi connectivity index (χ0) is 14.0. The van der Waals surface area contributed by atoms with Gasteiger partial charge < -0.3 is 0 Å². The number of amides is 1. The minimum Gasteiger partial charge on any atom is -0.273 e. The lowest BCUT2D eigenvalue weighted by Crippen LogP contribution is -2.41. The van der Waals surface area contributed by atoms with E-state index in [2.05, 4.69) is 41.9 Å². The van der Waals surface area contributed by atoms with Crippen molar-refractivity contribution in [2.45, 2.75) is 44.4 Å². The summed E-state index contributed by atoms with van der Waals surface area (Å²) in [5.41, 5.74) is 8.06. The number of rotatable bonds is 5. The number of hydrogen-bond donors (Lipinski definition) is 0. The maximum absolute atomic E-state index is 11.1. The van der Waals surface area contributed by atoms with Gasteiger partial charge in [0.05, 0.1) is 0 Å². The van der Waals surface area contributed by atoms with E-state index in [1.807, 2.05) is 32.0 Å². The van der Waals surface area contributed by atoms with Crippen LogP contribution in [0.1, 0.15) is 39.7 Å². The molecule has 0 aliphatic heterocycles. The van der Waals surface area contributed by atoms with E-state index in [1.54, 1.807) is 0 Å². The van der Waals surface area contributed by atoms with Crippen LogP contribution in [0.25, 0.3) is 0 Å². The van der Waals surface area contributed by atoms with E-state index >= 15 is 0 Å². The molecule has 1 N–H and O–H groups in total. The van der Waals surface area contributed by atoms with Crippen molar-refractivity contribution in [2.75, 3.05) is 0 Å². The van der Waals surface area contributed by atoms with Gasteiger partial charge in [-0.05, 0) is 11.0 Å². The normalized spacial score (nSPS) is 14.3. The monoisotopic (exact) mass is 310 g/mol. The number of benzene rings is 1. The summed E-state index contributed by atoms with van der Waals surface area (Å²) in [6, 6.07) is 10.3. The van der Waals surface area contributed by atoms with Crippen molar-refractivity contribution in [2.24, 2.45) is 5.41 Å². The molecule has 0 bridgehead atoms. The van der Waals surface area contributed by atoms with Crippen molar-refractivity contribution >= 4 is 21.8 Å². The fourth-order valence-corrected chi connectivity index (χ4v) is 2.92. The van der Waals surface area contributed by atoms with Gasteiger partial charge >= 0.3 is 0 Å². The molecule has 0 saturated heterocycles. The summed E-state index contributed by atoms with van der Waals surface area (Å²) < 4.78 is 0. The minimum atomic E-state index is -0.506. The first-order valence-electron chi connectivity index (χ1n) is 6.12. The Morgan fingerprint density at radius 1 is 1.22 bits per heavy atom.